The molecule has 1 aromatic rings. The molecule has 0 aliphatic carbocycles. The zero-order valence-corrected chi connectivity index (χ0v) is 17.3. The maximum atomic E-state index is 11.1. The van der Waals surface area contributed by atoms with Crippen molar-refractivity contribution in [2.75, 3.05) is 7.05 Å². The van der Waals surface area contributed by atoms with E-state index in [0.717, 1.165) is 17.9 Å². The van der Waals surface area contributed by atoms with Crippen molar-refractivity contribution in [2.45, 2.75) is 58.5 Å². The standard InChI is InChI=1S/C18H30N4O.HI/c1-4-5-6-7-8-14(2)22-18(20-3)21-13-15-9-11-16(12-10-15)17(19)23;/h9-12,14H,4-8,13H2,1-3H3,(H2,19,23)(H2,20,21,22);1H. The number of carbonyl (C=O) groups excluding carboxylic acids is 1. The number of nitrogens with one attached hydrogen (secondary N) is 2. The SMILES string of the molecule is CCCCCCC(C)NC(=NC)NCc1ccc(C(N)=O)cc1.I. The third-order valence-corrected chi connectivity index (χ3v) is 3.80. The number of nitrogens with zero attached hydrogens (tertiary/aromatic N) is 1. The highest BCUT2D eigenvalue weighted by Gasteiger charge is 2.05. The smallest absolute Gasteiger partial charge is 0.248 e. The van der Waals surface area contributed by atoms with Crippen molar-refractivity contribution in [1.82, 2.24) is 10.6 Å². The van der Waals surface area contributed by atoms with Gasteiger partial charge in [0.15, 0.2) is 5.96 Å². The Morgan fingerprint density at radius 3 is 2.42 bits per heavy atom. The number of carbonyl (C=O) groups is 1. The average molecular weight is 446 g/mol. The number of amides is 1. The van der Waals surface area contributed by atoms with Crippen molar-refractivity contribution < 1.29 is 4.79 Å². The number of benzene rings is 1. The monoisotopic (exact) mass is 446 g/mol. The van der Waals surface area contributed by atoms with Crippen LogP contribution in [0.25, 0.3) is 0 Å². The molecule has 0 heterocycles. The van der Waals surface area contributed by atoms with Crippen LogP contribution >= 0.6 is 24.0 Å². The van der Waals surface area contributed by atoms with E-state index in [1.54, 1.807) is 19.2 Å². The molecule has 0 saturated carbocycles. The Morgan fingerprint density at radius 2 is 1.88 bits per heavy atom. The summed E-state index contributed by atoms with van der Waals surface area (Å²) in [7, 11) is 1.77. The quantitative estimate of drug-likeness (QED) is 0.235. The Balaban J connectivity index is 0.00000529. The van der Waals surface area contributed by atoms with Crippen molar-refractivity contribution in [3.05, 3.63) is 35.4 Å². The van der Waals surface area contributed by atoms with Gasteiger partial charge in [0, 0.05) is 25.2 Å². The molecule has 0 aliphatic heterocycles. The minimum atomic E-state index is -0.404. The van der Waals surface area contributed by atoms with Crippen LogP contribution in [0.5, 0.6) is 0 Å². The summed E-state index contributed by atoms with van der Waals surface area (Å²) in [5, 5.41) is 6.70. The Bertz CT molecular complexity index is 502. The van der Waals surface area contributed by atoms with Gasteiger partial charge in [0.25, 0.3) is 0 Å². The van der Waals surface area contributed by atoms with Crippen LogP contribution in [0.2, 0.25) is 0 Å². The Kier molecular flexibility index (Phi) is 12.3. The highest BCUT2D eigenvalue weighted by molar-refractivity contribution is 14.0. The predicted molar refractivity (Wildman–Crippen MR) is 112 cm³/mol. The number of hydrogen-bond acceptors (Lipinski definition) is 2. The van der Waals surface area contributed by atoms with Crippen LogP contribution in [0.4, 0.5) is 0 Å². The summed E-state index contributed by atoms with van der Waals surface area (Å²) in [6.07, 6.45) is 6.25. The molecular formula is C18H31IN4O. The van der Waals surface area contributed by atoms with Crippen LogP contribution in [0, 0.1) is 0 Å². The molecule has 0 bridgehead atoms. The summed E-state index contributed by atoms with van der Waals surface area (Å²) >= 11 is 0. The van der Waals surface area contributed by atoms with Gasteiger partial charge in [-0.05, 0) is 31.0 Å². The van der Waals surface area contributed by atoms with Crippen molar-refractivity contribution in [1.29, 1.82) is 0 Å². The highest BCUT2D eigenvalue weighted by Crippen LogP contribution is 2.06. The van der Waals surface area contributed by atoms with Crippen molar-refractivity contribution >= 4 is 35.8 Å². The van der Waals surface area contributed by atoms with Gasteiger partial charge in [0.2, 0.25) is 5.91 Å². The normalized spacial score (nSPS) is 12.2. The largest absolute Gasteiger partial charge is 0.366 e. The van der Waals surface area contributed by atoms with Crippen molar-refractivity contribution in [3.63, 3.8) is 0 Å². The lowest BCUT2D eigenvalue weighted by molar-refractivity contribution is 0.100. The third-order valence-electron chi connectivity index (χ3n) is 3.80. The second-order valence-corrected chi connectivity index (χ2v) is 5.88. The topological polar surface area (TPSA) is 79.5 Å². The van der Waals surface area contributed by atoms with E-state index < -0.39 is 5.91 Å². The first-order valence-corrected chi connectivity index (χ1v) is 8.42. The molecule has 0 aliphatic rings. The van der Waals surface area contributed by atoms with E-state index in [-0.39, 0.29) is 24.0 Å². The van der Waals surface area contributed by atoms with Gasteiger partial charge in [0.1, 0.15) is 0 Å². The van der Waals surface area contributed by atoms with Crippen LogP contribution in [-0.2, 0) is 6.54 Å². The van der Waals surface area contributed by atoms with E-state index in [1.807, 2.05) is 12.1 Å². The minimum absolute atomic E-state index is 0. The van der Waals surface area contributed by atoms with Crippen LogP contribution < -0.4 is 16.4 Å². The molecule has 1 atom stereocenters. The zero-order chi connectivity index (χ0) is 17.1. The molecule has 1 aromatic carbocycles. The molecule has 1 unspecified atom stereocenters. The molecule has 0 aromatic heterocycles. The third kappa shape index (κ3) is 9.10. The first kappa shape index (κ1) is 22.7. The summed E-state index contributed by atoms with van der Waals surface area (Å²) in [5.74, 6) is 0.394. The van der Waals surface area contributed by atoms with E-state index in [9.17, 15) is 4.79 Å². The van der Waals surface area contributed by atoms with Gasteiger partial charge in [-0.3, -0.25) is 9.79 Å². The van der Waals surface area contributed by atoms with Crippen LogP contribution in [0.3, 0.4) is 0 Å². The minimum Gasteiger partial charge on any atom is -0.366 e. The number of guanidine groups is 1. The first-order chi connectivity index (χ1) is 11.1. The fraction of sp³-hybridized carbons (Fsp3) is 0.556. The first-order valence-electron chi connectivity index (χ1n) is 8.42. The highest BCUT2D eigenvalue weighted by atomic mass is 127. The predicted octanol–water partition coefficient (Wildman–Crippen LogP) is 3.43. The van der Waals surface area contributed by atoms with Gasteiger partial charge in [-0.15, -0.1) is 24.0 Å². The lowest BCUT2D eigenvalue weighted by Gasteiger charge is -2.18. The Morgan fingerprint density at radius 1 is 1.21 bits per heavy atom. The van der Waals surface area contributed by atoms with Gasteiger partial charge < -0.3 is 16.4 Å². The van der Waals surface area contributed by atoms with Crippen LogP contribution in [0.1, 0.15) is 61.9 Å². The maximum absolute atomic E-state index is 11.1. The summed E-state index contributed by atoms with van der Waals surface area (Å²) in [4.78, 5) is 15.3. The molecule has 24 heavy (non-hydrogen) atoms. The molecule has 4 N–H and O–H groups in total. The summed E-state index contributed by atoms with van der Waals surface area (Å²) < 4.78 is 0. The van der Waals surface area contributed by atoms with E-state index in [0.29, 0.717) is 18.2 Å². The number of hydrogen-bond donors (Lipinski definition) is 3. The number of unbranched alkanes of at least 4 members (excludes halogenated alkanes) is 3. The van der Waals surface area contributed by atoms with E-state index in [2.05, 4.69) is 29.5 Å². The van der Waals surface area contributed by atoms with Crippen LogP contribution in [0.15, 0.2) is 29.3 Å². The molecule has 6 heteroatoms. The van der Waals surface area contributed by atoms with Gasteiger partial charge >= 0.3 is 0 Å². The van der Waals surface area contributed by atoms with E-state index >= 15 is 0 Å². The number of primary amides is 1. The summed E-state index contributed by atoms with van der Waals surface area (Å²) in [5.41, 5.74) is 6.84. The molecule has 0 radical (unpaired) electrons. The van der Waals surface area contributed by atoms with Crippen LogP contribution in [-0.4, -0.2) is 25.0 Å². The Hall–Kier alpha value is -1.31. The summed E-state index contributed by atoms with van der Waals surface area (Å²) in [6.45, 7) is 5.06. The molecule has 136 valence electrons. The maximum Gasteiger partial charge on any atom is 0.248 e. The number of aliphatic imine (C=N–C) groups is 1. The molecule has 0 saturated heterocycles. The van der Waals surface area contributed by atoms with Gasteiger partial charge in [-0.1, -0.05) is 44.7 Å². The number of rotatable bonds is 9. The Labute approximate surface area is 162 Å². The van der Waals surface area contributed by atoms with Crippen molar-refractivity contribution in [3.8, 4) is 0 Å². The molecular weight excluding hydrogens is 415 g/mol. The number of nitrogens with two attached hydrogens (primary N) is 1. The zero-order valence-electron chi connectivity index (χ0n) is 15.0. The van der Waals surface area contributed by atoms with Crippen molar-refractivity contribution in [2.24, 2.45) is 10.7 Å². The second-order valence-electron chi connectivity index (χ2n) is 5.88. The second kappa shape index (κ2) is 13.0. The lowest BCUT2D eigenvalue weighted by atomic mass is 10.1. The molecule has 0 spiro atoms. The average Bonchev–Trinajstić information content (AvgIpc) is 2.55. The van der Waals surface area contributed by atoms with Gasteiger partial charge in [-0.2, -0.15) is 0 Å². The van der Waals surface area contributed by atoms with E-state index in [4.69, 9.17) is 5.73 Å². The summed E-state index contributed by atoms with van der Waals surface area (Å²) in [6, 6.07) is 7.68. The lowest BCUT2D eigenvalue weighted by Crippen LogP contribution is -2.41. The molecule has 1 rings (SSSR count). The van der Waals surface area contributed by atoms with E-state index in [1.165, 1.54) is 25.7 Å². The van der Waals surface area contributed by atoms with Gasteiger partial charge in [-0.25, -0.2) is 0 Å². The molecule has 1 amide bonds. The van der Waals surface area contributed by atoms with Gasteiger partial charge in [0.05, 0.1) is 0 Å². The molecule has 5 nitrogen and oxygen atoms in total. The fourth-order valence-corrected chi connectivity index (χ4v) is 2.35. The molecule has 0 fully saturated rings. The number of halogens is 1. The fourth-order valence-electron chi connectivity index (χ4n) is 2.35.